The zero-order chi connectivity index (χ0) is 47.1. The van der Waals surface area contributed by atoms with E-state index in [1.54, 1.807) is 14.2 Å². The second-order valence-corrected chi connectivity index (χ2v) is 17.7. The number of carbonyl (C=O) groups excluding carboxylic acids is 4. The molecule has 0 radical (unpaired) electrons. The van der Waals surface area contributed by atoms with Crippen molar-refractivity contribution < 1.29 is 28.7 Å². The van der Waals surface area contributed by atoms with Crippen molar-refractivity contribution in [1.29, 1.82) is 0 Å². The predicted octanol–water partition coefficient (Wildman–Crippen LogP) is 12.0. The predicted molar refractivity (Wildman–Crippen MR) is 270 cm³/mol. The van der Waals surface area contributed by atoms with Gasteiger partial charge in [-0.15, -0.1) is 0 Å². The first-order chi connectivity index (χ1) is 30.8. The third kappa shape index (κ3) is 54.5. The van der Waals surface area contributed by atoms with E-state index in [1.807, 2.05) is 4.90 Å². The minimum atomic E-state index is 0.313. The molecular formula is C53H108N4O6. The van der Waals surface area contributed by atoms with Crippen LogP contribution in [0.2, 0.25) is 0 Å². The van der Waals surface area contributed by atoms with Gasteiger partial charge in [0.15, 0.2) is 0 Å². The second-order valence-electron chi connectivity index (χ2n) is 17.7. The summed E-state index contributed by atoms with van der Waals surface area (Å²) in [7, 11) is 5.61. The van der Waals surface area contributed by atoms with Gasteiger partial charge in [-0.05, 0) is 97.7 Å². The molecule has 0 N–H and O–H groups in total. The van der Waals surface area contributed by atoms with Crippen LogP contribution in [-0.2, 0) is 28.7 Å². The van der Waals surface area contributed by atoms with E-state index < -0.39 is 0 Å². The Morgan fingerprint density at radius 1 is 0.429 bits per heavy atom. The standard InChI is InChI=1S/C23H45N3O2.C18H35NO2.2C6H14O/c1-3-4-5-6-7-8-9-10-15-25(16-11-12-22-27)17-13-14-23(28)26-20-18-24(2)19-21-26;1-2-3-4-5-6-7-8-9-14-19(15-10-12-17-20)16-11-13-18-21;2*1-3-4-5-6-7-2/h22H,3-21H2,1-2H3;17-18H,2-16H2,1H3;2*3-6H2,1-2H3. The normalized spacial score (nSPS) is 12.6. The van der Waals surface area contributed by atoms with Gasteiger partial charge in [0.1, 0.15) is 18.9 Å². The Labute approximate surface area is 392 Å². The molecule has 1 aliphatic heterocycles. The highest BCUT2D eigenvalue weighted by Gasteiger charge is 2.18. The summed E-state index contributed by atoms with van der Waals surface area (Å²) >= 11 is 0. The molecule has 1 aliphatic rings. The number of aldehydes is 3. The van der Waals surface area contributed by atoms with Gasteiger partial charge in [-0.25, -0.2) is 0 Å². The quantitative estimate of drug-likeness (QED) is 0.0438. The highest BCUT2D eigenvalue weighted by Crippen LogP contribution is 2.12. The smallest absolute Gasteiger partial charge is 0.222 e. The topological polar surface area (TPSA) is 99.7 Å². The van der Waals surface area contributed by atoms with Crippen LogP contribution in [0.5, 0.6) is 0 Å². The lowest BCUT2D eigenvalue weighted by Gasteiger charge is -2.32. The molecule has 1 rings (SSSR count). The van der Waals surface area contributed by atoms with E-state index in [1.165, 1.54) is 141 Å². The highest BCUT2D eigenvalue weighted by atomic mass is 16.5. The molecule has 0 aromatic carbocycles. The van der Waals surface area contributed by atoms with Gasteiger partial charge in [-0.1, -0.05) is 143 Å². The lowest BCUT2D eigenvalue weighted by molar-refractivity contribution is -0.133. The molecular weight excluding hydrogens is 789 g/mol. The molecule has 10 heteroatoms. The molecule has 0 spiro atoms. The van der Waals surface area contributed by atoms with Crippen LogP contribution in [0, 0.1) is 0 Å². The van der Waals surface area contributed by atoms with E-state index in [-0.39, 0.29) is 0 Å². The molecule has 0 unspecified atom stereocenters. The monoisotopic (exact) mass is 897 g/mol. The molecule has 1 amide bonds. The highest BCUT2D eigenvalue weighted by molar-refractivity contribution is 5.76. The fraction of sp³-hybridized carbons (Fsp3) is 0.925. The summed E-state index contributed by atoms with van der Waals surface area (Å²) in [4.78, 5) is 53.0. The van der Waals surface area contributed by atoms with Gasteiger partial charge in [0, 0.05) is 79.3 Å². The number of amides is 1. The molecule has 1 fully saturated rings. The maximum Gasteiger partial charge on any atom is 0.222 e. The average molecular weight is 897 g/mol. The fourth-order valence-corrected chi connectivity index (χ4v) is 7.46. The summed E-state index contributed by atoms with van der Waals surface area (Å²) in [6.07, 6.45) is 38.4. The summed E-state index contributed by atoms with van der Waals surface area (Å²) in [5, 5.41) is 0. The van der Waals surface area contributed by atoms with Crippen LogP contribution in [0.1, 0.15) is 220 Å². The van der Waals surface area contributed by atoms with Gasteiger partial charge < -0.3 is 43.5 Å². The molecule has 63 heavy (non-hydrogen) atoms. The summed E-state index contributed by atoms with van der Waals surface area (Å²) in [5.74, 6) is 0.313. The number of rotatable bonds is 42. The summed E-state index contributed by atoms with van der Waals surface area (Å²) in [5.41, 5.74) is 0. The van der Waals surface area contributed by atoms with Crippen LogP contribution >= 0.6 is 0 Å². The summed E-state index contributed by atoms with van der Waals surface area (Å²) in [6, 6.07) is 0. The Hall–Kier alpha value is -1.72. The molecule has 0 aromatic rings. The average Bonchev–Trinajstić information content (AvgIpc) is 3.29. The first-order valence-corrected chi connectivity index (χ1v) is 26.5. The van der Waals surface area contributed by atoms with Crippen LogP contribution in [-0.4, -0.2) is 144 Å². The molecule has 0 aliphatic carbocycles. The van der Waals surface area contributed by atoms with Crippen LogP contribution in [0.15, 0.2) is 0 Å². The minimum absolute atomic E-state index is 0.313. The Kier molecular flexibility index (Phi) is 60.7. The molecule has 1 saturated heterocycles. The Morgan fingerprint density at radius 2 is 0.730 bits per heavy atom. The Bertz CT molecular complexity index is 873. The maximum atomic E-state index is 12.4. The third-order valence-corrected chi connectivity index (χ3v) is 11.7. The lowest BCUT2D eigenvalue weighted by Crippen LogP contribution is -2.47. The van der Waals surface area contributed by atoms with Crippen molar-refractivity contribution in [3.63, 3.8) is 0 Å². The number of unbranched alkanes of at least 4 members (excludes halogenated alkanes) is 21. The van der Waals surface area contributed by atoms with Crippen molar-refractivity contribution in [2.75, 3.05) is 99.9 Å². The number of likely N-dealkylation sites (N-methyl/N-ethyl adjacent to an activating group) is 1. The minimum Gasteiger partial charge on any atom is -0.385 e. The van der Waals surface area contributed by atoms with Crippen molar-refractivity contribution in [2.45, 2.75) is 220 Å². The van der Waals surface area contributed by atoms with Crippen molar-refractivity contribution in [1.82, 2.24) is 19.6 Å². The molecule has 0 atom stereocenters. The third-order valence-electron chi connectivity index (χ3n) is 11.7. The van der Waals surface area contributed by atoms with Gasteiger partial charge in [-0.2, -0.15) is 0 Å². The zero-order valence-electron chi connectivity index (χ0n) is 43.2. The van der Waals surface area contributed by atoms with E-state index in [0.29, 0.717) is 31.6 Å². The van der Waals surface area contributed by atoms with Crippen LogP contribution in [0.25, 0.3) is 0 Å². The second kappa shape index (κ2) is 58.3. The van der Waals surface area contributed by atoms with Crippen LogP contribution < -0.4 is 0 Å². The molecule has 0 bridgehead atoms. The van der Waals surface area contributed by atoms with Gasteiger partial charge in [0.2, 0.25) is 5.91 Å². The first-order valence-electron chi connectivity index (χ1n) is 26.5. The molecule has 0 aromatic heterocycles. The number of nitrogens with zero attached hydrogens (tertiary/aromatic N) is 4. The van der Waals surface area contributed by atoms with Gasteiger partial charge in [0.25, 0.3) is 0 Å². The number of methoxy groups -OCH3 is 2. The first kappa shape index (κ1) is 65.6. The van der Waals surface area contributed by atoms with E-state index in [2.05, 4.69) is 49.4 Å². The van der Waals surface area contributed by atoms with Gasteiger partial charge in [0.05, 0.1) is 0 Å². The van der Waals surface area contributed by atoms with E-state index in [4.69, 9.17) is 9.47 Å². The van der Waals surface area contributed by atoms with E-state index >= 15 is 0 Å². The van der Waals surface area contributed by atoms with E-state index in [9.17, 15) is 19.2 Å². The number of hydrogen-bond acceptors (Lipinski definition) is 9. The molecule has 0 saturated carbocycles. The van der Waals surface area contributed by atoms with Crippen molar-refractivity contribution in [3.8, 4) is 0 Å². The van der Waals surface area contributed by atoms with Crippen molar-refractivity contribution >= 4 is 24.8 Å². The summed E-state index contributed by atoms with van der Waals surface area (Å²) < 4.78 is 9.69. The van der Waals surface area contributed by atoms with Crippen LogP contribution in [0.3, 0.4) is 0 Å². The fourth-order valence-electron chi connectivity index (χ4n) is 7.46. The van der Waals surface area contributed by atoms with Crippen molar-refractivity contribution in [3.05, 3.63) is 0 Å². The zero-order valence-corrected chi connectivity index (χ0v) is 43.2. The Balaban J connectivity index is -0.000000894. The Morgan fingerprint density at radius 3 is 1.06 bits per heavy atom. The molecule has 10 nitrogen and oxygen atoms in total. The van der Waals surface area contributed by atoms with Gasteiger partial charge in [-0.3, -0.25) is 4.79 Å². The van der Waals surface area contributed by atoms with Crippen molar-refractivity contribution in [2.24, 2.45) is 0 Å². The number of piperazine rings is 1. The van der Waals surface area contributed by atoms with Crippen LogP contribution in [0.4, 0.5) is 0 Å². The SMILES string of the molecule is CCCCCCCCCCN(CCCC=O)CCCC(=O)N1CCN(C)CC1.CCCCCCCCCCN(CCCC=O)CCCC=O.CCCCCOC.CCCCCOC. The van der Waals surface area contributed by atoms with Gasteiger partial charge >= 0.3 is 0 Å². The largest absolute Gasteiger partial charge is 0.385 e. The lowest BCUT2D eigenvalue weighted by atomic mass is 10.1. The maximum absolute atomic E-state index is 12.4. The molecule has 1 heterocycles. The summed E-state index contributed by atoms with van der Waals surface area (Å²) in [6.45, 7) is 20.6. The number of ether oxygens (including phenoxy) is 2. The number of hydrogen-bond donors (Lipinski definition) is 0. The van der Waals surface area contributed by atoms with E-state index in [0.717, 1.165) is 123 Å². The molecule has 376 valence electrons. The number of carbonyl (C=O) groups is 4.